The Bertz CT molecular complexity index is 875. The summed E-state index contributed by atoms with van der Waals surface area (Å²) >= 11 is 1.36. The number of hydrogen-bond acceptors (Lipinski definition) is 6. The first-order valence-electron chi connectivity index (χ1n) is 8.44. The van der Waals surface area contributed by atoms with Gasteiger partial charge in [-0.3, -0.25) is 14.7 Å². The van der Waals surface area contributed by atoms with Gasteiger partial charge in [0.1, 0.15) is 0 Å². The van der Waals surface area contributed by atoms with E-state index < -0.39 is 0 Å². The number of nitrogens with zero attached hydrogens (tertiary/aromatic N) is 4. The van der Waals surface area contributed by atoms with Crippen molar-refractivity contribution in [2.75, 3.05) is 11.1 Å². The fourth-order valence-corrected chi connectivity index (χ4v) is 3.30. The molecule has 0 aliphatic rings. The molecule has 2 heterocycles. The van der Waals surface area contributed by atoms with Crippen molar-refractivity contribution in [3.05, 3.63) is 42.1 Å². The van der Waals surface area contributed by atoms with Crippen molar-refractivity contribution >= 4 is 23.6 Å². The van der Waals surface area contributed by atoms with Gasteiger partial charge in [-0.2, -0.15) is 0 Å². The highest BCUT2D eigenvalue weighted by atomic mass is 32.2. The third-order valence-electron chi connectivity index (χ3n) is 3.95. The lowest BCUT2D eigenvalue weighted by molar-refractivity contribution is -0.113. The first-order valence-corrected chi connectivity index (χ1v) is 9.43. The van der Waals surface area contributed by atoms with E-state index in [9.17, 15) is 4.79 Å². The van der Waals surface area contributed by atoms with Gasteiger partial charge in [-0.05, 0) is 20.3 Å². The number of nitrogens with one attached hydrogen (secondary N) is 1. The maximum atomic E-state index is 12.1. The molecular formula is C18H21N5O2S. The van der Waals surface area contributed by atoms with Crippen LogP contribution in [0.4, 0.5) is 5.88 Å². The Balaban J connectivity index is 1.75. The largest absolute Gasteiger partial charge is 0.338 e. The fraction of sp³-hybridized carbons (Fsp3) is 0.333. The molecule has 3 rings (SSSR count). The molecule has 3 aromatic rings. The molecule has 26 heavy (non-hydrogen) atoms. The van der Waals surface area contributed by atoms with Crippen molar-refractivity contribution in [1.82, 2.24) is 19.9 Å². The van der Waals surface area contributed by atoms with Crippen molar-refractivity contribution in [2.24, 2.45) is 0 Å². The Morgan fingerprint density at radius 2 is 2.08 bits per heavy atom. The standard InChI is InChI=1S/C18H21N5O2S/c1-4-13(3)23-17(14-8-6-5-7-9-14)20-21-18(23)26-11-15(24)19-16-10-12(2)22-25-16/h5-10,13H,4,11H2,1-3H3,(H,19,24)/t13-/m0/s1. The molecule has 1 amide bonds. The molecule has 7 nitrogen and oxygen atoms in total. The van der Waals surface area contributed by atoms with Crippen LogP contribution in [-0.2, 0) is 4.79 Å². The van der Waals surface area contributed by atoms with Crippen molar-refractivity contribution in [2.45, 2.75) is 38.4 Å². The fourth-order valence-electron chi connectivity index (χ4n) is 2.47. The summed E-state index contributed by atoms with van der Waals surface area (Å²) < 4.78 is 7.09. The summed E-state index contributed by atoms with van der Waals surface area (Å²) in [4.78, 5) is 12.1. The minimum Gasteiger partial charge on any atom is -0.338 e. The molecule has 136 valence electrons. The number of aromatic nitrogens is 4. The lowest BCUT2D eigenvalue weighted by Gasteiger charge is -2.16. The van der Waals surface area contributed by atoms with Crippen molar-refractivity contribution in [1.29, 1.82) is 0 Å². The minimum atomic E-state index is -0.175. The van der Waals surface area contributed by atoms with Gasteiger partial charge >= 0.3 is 0 Å². The SMILES string of the molecule is CC[C@H](C)n1c(SCC(=O)Nc2cc(C)no2)nnc1-c1ccccc1. The van der Waals surface area contributed by atoms with Gasteiger partial charge in [0, 0.05) is 17.7 Å². The zero-order valence-electron chi connectivity index (χ0n) is 15.0. The van der Waals surface area contributed by atoms with Crippen LogP contribution in [0, 0.1) is 6.92 Å². The molecule has 0 aliphatic heterocycles. The highest BCUT2D eigenvalue weighted by Crippen LogP contribution is 2.29. The number of thioether (sulfide) groups is 1. The lowest BCUT2D eigenvalue weighted by atomic mass is 10.2. The van der Waals surface area contributed by atoms with Crippen LogP contribution < -0.4 is 5.32 Å². The third kappa shape index (κ3) is 4.13. The summed E-state index contributed by atoms with van der Waals surface area (Å²) in [5, 5.41) is 15.8. The molecular weight excluding hydrogens is 350 g/mol. The topological polar surface area (TPSA) is 85.8 Å². The first kappa shape index (κ1) is 18.2. The number of amides is 1. The van der Waals surface area contributed by atoms with Crippen molar-refractivity contribution in [3.8, 4) is 11.4 Å². The molecule has 0 saturated heterocycles. The lowest BCUT2D eigenvalue weighted by Crippen LogP contribution is -2.15. The maximum Gasteiger partial charge on any atom is 0.237 e. The van der Waals surface area contributed by atoms with Gasteiger partial charge in [-0.15, -0.1) is 10.2 Å². The average Bonchev–Trinajstić information content (AvgIpc) is 3.26. The van der Waals surface area contributed by atoms with E-state index in [1.807, 2.05) is 30.3 Å². The maximum absolute atomic E-state index is 12.1. The molecule has 0 spiro atoms. The predicted octanol–water partition coefficient (Wildman–Crippen LogP) is 3.94. The first-order chi connectivity index (χ1) is 12.6. The Hall–Kier alpha value is -2.61. The number of benzene rings is 1. The highest BCUT2D eigenvalue weighted by molar-refractivity contribution is 7.99. The molecule has 1 aromatic carbocycles. The third-order valence-corrected chi connectivity index (χ3v) is 4.89. The number of anilines is 1. The molecule has 0 unspecified atom stereocenters. The second-order valence-electron chi connectivity index (χ2n) is 5.97. The predicted molar refractivity (Wildman–Crippen MR) is 101 cm³/mol. The molecule has 8 heteroatoms. The zero-order chi connectivity index (χ0) is 18.5. The molecule has 0 fully saturated rings. The summed E-state index contributed by atoms with van der Waals surface area (Å²) in [6.45, 7) is 6.04. The van der Waals surface area contributed by atoms with E-state index in [-0.39, 0.29) is 17.7 Å². The Labute approximate surface area is 156 Å². The van der Waals surface area contributed by atoms with E-state index in [0.29, 0.717) is 5.88 Å². The minimum absolute atomic E-state index is 0.175. The number of hydrogen-bond donors (Lipinski definition) is 1. The number of aryl methyl sites for hydroxylation is 1. The number of rotatable bonds is 7. The van der Waals surface area contributed by atoms with Crippen LogP contribution in [0.25, 0.3) is 11.4 Å². The molecule has 1 atom stereocenters. The average molecular weight is 371 g/mol. The second kappa shape index (κ2) is 8.18. The van der Waals surface area contributed by atoms with Gasteiger partial charge in [0.15, 0.2) is 11.0 Å². The molecule has 0 radical (unpaired) electrons. The van der Waals surface area contributed by atoms with Crippen LogP contribution >= 0.6 is 11.8 Å². The van der Waals surface area contributed by atoms with Crippen LogP contribution in [0.5, 0.6) is 0 Å². The molecule has 0 aliphatic carbocycles. The van der Waals surface area contributed by atoms with Crippen LogP contribution in [0.1, 0.15) is 32.0 Å². The highest BCUT2D eigenvalue weighted by Gasteiger charge is 2.19. The van der Waals surface area contributed by atoms with Gasteiger partial charge in [-0.25, -0.2) is 0 Å². The Morgan fingerprint density at radius 3 is 2.73 bits per heavy atom. The van der Waals surface area contributed by atoms with Crippen LogP contribution in [-0.4, -0.2) is 31.6 Å². The Morgan fingerprint density at radius 1 is 1.31 bits per heavy atom. The van der Waals surface area contributed by atoms with E-state index in [1.165, 1.54) is 11.8 Å². The summed E-state index contributed by atoms with van der Waals surface area (Å²) in [5.74, 6) is 1.20. The van der Waals surface area contributed by atoms with Gasteiger partial charge in [0.2, 0.25) is 11.8 Å². The van der Waals surface area contributed by atoms with Crippen LogP contribution in [0.15, 0.2) is 46.1 Å². The van der Waals surface area contributed by atoms with Gasteiger partial charge in [-0.1, -0.05) is 54.2 Å². The summed E-state index contributed by atoms with van der Waals surface area (Å²) in [7, 11) is 0. The van der Waals surface area contributed by atoms with E-state index >= 15 is 0 Å². The van der Waals surface area contributed by atoms with Crippen molar-refractivity contribution in [3.63, 3.8) is 0 Å². The molecule has 1 N–H and O–H groups in total. The van der Waals surface area contributed by atoms with E-state index in [4.69, 9.17) is 4.52 Å². The van der Waals surface area contributed by atoms with E-state index in [0.717, 1.165) is 28.7 Å². The molecule has 0 bridgehead atoms. The summed E-state index contributed by atoms with van der Waals surface area (Å²) in [6.07, 6.45) is 0.939. The van der Waals surface area contributed by atoms with Gasteiger partial charge in [0.05, 0.1) is 11.4 Å². The van der Waals surface area contributed by atoms with Crippen molar-refractivity contribution < 1.29 is 9.32 Å². The Kier molecular flexibility index (Phi) is 5.72. The van der Waals surface area contributed by atoms with E-state index in [1.54, 1.807) is 13.0 Å². The van der Waals surface area contributed by atoms with Gasteiger partial charge in [0.25, 0.3) is 0 Å². The summed E-state index contributed by atoms with van der Waals surface area (Å²) in [6, 6.07) is 11.8. The van der Waals surface area contributed by atoms with Gasteiger partial charge < -0.3 is 4.52 Å². The molecule has 2 aromatic heterocycles. The van der Waals surface area contributed by atoms with Crippen LogP contribution in [0.3, 0.4) is 0 Å². The second-order valence-corrected chi connectivity index (χ2v) is 6.91. The molecule has 0 saturated carbocycles. The number of carbonyl (C=O) groups is 1. The monoisotopic (exact) mass is 371 g/mol. The van der Waals surface area contributed by atoms with Crippen LogP contribution in [0.2, 0.25) is 0 Å². The summed E-state index contributed by atoms with van der Waals surface area (Å²) in [5.41, 5.74) is 1.73. The zero-order valence-corrected chi connectivity index (χ0v) is 15.8. The normalized spacial score (nSPS) is 12.1. The smallest absolute Gasteiger partial charge is 0.237 e. The quantitative estimate of drug-likeness (QED) is 0.633. The van der Waals surface area contributed by atoms with E-state index in [2.05, 4.69) is 39.1 Å². The number of carbonyl (C=O) groups excluding carboxylic acids is 1.